The number of amides is 3. The number of nitrogens with one attached hydrogen (secondary N) is 2. The Morgan fingerprint density at radius 1 is 1.12 bits per heavy atom. The number of hydrogen-bond donors (Lipinski definition) is 2. The van der Waals surface area contributed by atoms with Crippen LogP contribution >= 0.6 is 0 Å². The fourth-order valence-corrected chi connectivity index (χ4v) is 2.18. The molecule has 3 aromatic rings. The van der Waals surface area contributed by atoms with Crippen molar-refractivity contribution in [1.29, 1.82) is 0 Å². The van der Waals surface area contributed by atoms with Crippen molar-refractivity contribution in [2.24, 2.45) is 0 Å². The molecular formula is C16H16N6O2. The van der Waals surface area contributed by atoms with E-state index in [1.165, 1.54) is 16.5 Å². The van der Waals surface area contributed by atoms with Gasteiger partial charge in [-0.2, -0.15) is 5.10 Å². The number of carbonyl (C=O) groups is 2. The van der Waals surface area contributed by atoms with E-state index in [9.17, 15) is 9.59 Å². The van der Waals surface area contributed by atoms with Crippen LogP contribution in [0.1, 0.15) is 10.5 Å². The Kier molecular flexibility index (Phi) is 4.11. The van der Waals surface area contributed by atoms with Crippen LogP contribution in [0.2, 0.25) is 0 Å². The molecule has 2 heterocycles. The van der Waals surface area contributed by atoms with Crippen LogP contribution in [0.3, 0.4) is 0 Å². The summed E-state index contributed by atoms with van der Waals surface area (Å²) >= 11 is 0. The molecule has 2 N–H and O–H groups in total. The maximum absolute atomic E-state index is 12.6. The third kappa shape index (κ3) is 3.02. The van der Waals surface area contributed by atoms with E-state index in [0.29, 0.717) is 11.5 Å². The van der Waals surface area contributed by atoms with Crippen LogP contribution in [-0.4, -0.2) is 40.6 Å². The number of carbonyl (C=O) groups excluding carboxylic acids is 2. The number of urea groups is 1. The molecule has 0 saturated carbocycles. The molecule has 24 heavy (non-hydrogen) atoms. The van der Waals surface area contributed by atoms with Gasteiger partial charge in [0.15, 0.2) is 11.5 Å². The Bertz CT molecular complexity index is 890. The number of hydrogen-bond acceptors (Lipinski definition) is 4. The largest absolute Gasteiger partial charge is 0.341 e. The molecular weight excluding hydrogens is 308 g/mol. The molecule has 2 aromatic heterocycles. The summed E-state index contributed by atoms with van der Waals surface area (Å²) in [6.45, 7) is 0. The number of imidazole rings is 1. The zero-order valence-corrected chi connectivity index (χ0v) is 13.2. The molecule has 3 amide bonds. The fraction of sp³-hybridized carbons (Fsp3) is 0.125. The van der Waals surface area contributed by atoms with E-state index < -0.39 is 0 Å². The second-order valence-electron chi connectivity index (χ2n) is 5.05. The van der Waals surface area contributed by atoms with Gasteiger partial charge in [0.2, 0.25) is 0 Å². The van der Waals surface area contributed by atoms with Gasteiger partial charge >= 0.3 is 6.03 Å². The van der Waals surface area contributed by atoms with E-state index in [4.69, 9.17) is 0 Å². The first kappa shape index (κ1) is 15.5. The highest BCUT2D eigenvalue weighted by molar-refractivity contribution is 6.04. The van der Waals surface area contributed by atoms with E-state index in [2.05, 4.69) is 20.7 Å². The molecule has 1 aromatic carbocycles. The number of aromatic nitrogens is 3. The van der Waals surface area contributed by atoms with E-state index >= 15 is 0 Å². The van der Waals surface area contributed by atoms with Crippen molar-refractivity contribution in [2.75, 3.05) is 24.3 Å². The summed E-state index contributed by atoms with van der Waals surface area (Å²) in [5.74, 6) is 0.112. The average molecular weight is 324 g/mol. The van der Waals surface area contributed by atoms with Crippen molar-refractivity contribution in [3.8, 4) is 0 Å². The van der Waals surface area contributed by atoms with Crippen LogP contribution in [0, 0.1) is 0 Å². The molecule has 8 heteroatoms. The first-order valence-electron chi connectivity index (χ1n) is 7.27. The second kappa shape index (κ2) is 6.37. The lowest BCUT2D eigenvalue weighted by atomic mass is 10.2. The quantitative estimate of drug-likeness (QED) is 0.768. The molecule has 0 aliphatic rings. The number of benzene rings is 1. The summed E-state index contributed by atoms with van der Waals surface area (Å²) in [5, 5.41) is 9.27. The van der Waals surface area contributed by atoms with Gasteiger partial charge in [0.1, 0.15) is 5.69 Å². The average Bonchev–Trinajstić information content (AvgIpc) is 3.02. The zero-order valence-electron chi connectivity index (χ0n) is 13.2. The third-order valence-corrected chi connectivity index (χ3v) is 3.46. The summed E-state index contributed by atoms with van der Waals surface area (Å²) < 4.78 is 1.46. The van der Waals surface area contributed by atoms with Crippen molar-refractivity contribution in [3.63, 3.8) is 0 Å². The predicted octanol–water partition coefficient (Wildman–Crippen LogP) is 1.76. The highest BCUT2D eigenvalue weighted by Gasteiger charge is 2.16. The highest BCUT2D eigenvalue weighted by Crippen LogP contribution is 2.15. The monoisotopic (exact) mass is 324 g/mol. The molecule has 0 spiro atoms. The van der Waals surface area contributed by atoms with Crippen molar-refractivity contribution in [2.45, 2.75) is 0 Å². The number of fused-ring (bicyclic) bond motifs is 1. The van der Waals surface area contributed by atoms with Crippen LogP contribution in [0.15, 0.2) is 48.7 Å². The number of rotatable bonds is 3. The Balaban J connectivity index is 1.87. The van der Waals surface area contributed by atoms with Crippen molar-refractivity contribution in [3.05, 3.63) is 54.4 Å². The molecule has 8 nitrogen and oxygen atoms in total. The van der Waals surface area contributed by atoms with Crippen LogP contribution in [0.5, 0.6) is 0 Å². The number of anilines is 2. The Labute approximate surface area is 138 Å². The summed E-state index contributed by atoms with van der Waals surface area (Å²) in [4.78, 5) is 29.6. The summed E-state index contributed by atoms with van der Waals surface area (Å²) in [7, 11) is 3.20. The van der Waals surface area contributed by atoms with Gasteiger partial charge in [-0.05, 0) is 24.3 Å². The molecule has 0 saturated heterocycles. The molecule has 0 radical (unpaired) electrons. The van der Waals surface area contributed by atoms with E-state index in [-0.39, 0.29) is 17.6 Å². The molecule has 0 atom stereocenters. The fourth-order valence-electron chi connectivity index (χ4n) is 2.18. The van der Waals surface area contributed by atoms with Gasteiger partial charge in [0, 0.05) is 19.8 Å². The normalized spacial score (nSPS) is 10.4. The van der Waals surface area contributed by atoms with Crippen LogP contribution < -0.4 is 15.5 Å². The zero-order chi connectivity index (χ0) is 17.1. The molecule has 122 valence electrons. The first-order chi connectivity index (χ1) is 11.6. The van der Waals surface area contributed by atoms with Gasteiger partial charge in [-0.1, -0.05) is 18.2 Å². The topological polar surface area (TPSA) is 91.6 Å². The van der Waals surface area contributed by atoms with Gasteiger partial charge in [0.25, 0.3) is 5.91 Å². The maximum atomic E-state index is 12.6. The molecule has 0 aliphatic heterocycles. The van der Waals surface area contributed by atoms with Gasteiger partial charge in [-0.3, -0.25) is 10.1 Å². The third-order valence-electron chi connectivity index (χ3n) is 3.46. The van der Waals surface area contributed by atoms with Gasteiger partial charge in [-0.25, -0.2) is 14.3 Å². The maximum Gasteiger partial charge on any atom is 0.320 e. The second-order valence-corrected chi connectivity index (χ2v) is 5.05. The van der Waals surface area contributed by atoms with E-state index in [1.54, 1.807) is 25.4 Å². The smallest absolute Gasteiger partial charge is 0.320 e. The van der Waals surface area contributed by atoms with Crippen molar-refractivity contribution >= 4 is 29.1 Å². The molecule has 0 bridgehead atoms. The van der Waals surface area contributed by atoms with Crippen LogP contribution in [0.4, 0.5) is 16.3 Å². The summed E-state index contributed by atoms with van der Waals surface area (Å²) in [6, 6.07) is 12.2. The minimum absolute atomic E-state index is 0.238. The van der Waals surface area contributed by atoms with E-state index in [1.807, 2.05) is 30.3 Å². The Morgan fingerprint density at radius 2 is 1.88 bits per heavy atom. The van der Waals surface area contributed by atoms with E-state index in [0.717, 1.165) is 5.69 Å². The highest BCUT2D eigenvalue weighted by atomic mass is 16.2. The van der Waals surface area contributed by atoms with Gasteiger partial charge < -0.3 is 10.2 Å². The lowest BCUT2D eigenvalue weighted by Crippen LogP contribution is -2.27. The molecule has 3 rings (SSSR count). The SMILES string of the molecule is CNC(=O)Nc1cn2nc(C(=O)N(C)c3ccccc3)ccc2n1. The predicted molar refractivity (Wildman–Crippen MR) is 90.2 cm³/mol. The van der Waals surface area contributed by atoms with Gasteiger partial charge in [-0.15, -0.1) is 0 Å². The first-order valence-corrected chi connectivity index (χ1v) is 7.27. The van der Waals surface area contributed by atoms with Crippen LogP contribution in [0.25, 0.3) is 5.65 Å². The molecule has 0 fully saturated rings. The van der Waals surface area contributed by atoms with Crippen molar-refractivity contribution in [1.82, 2.24) is 19.9 Å². The molecule has 0 unspecified atom stereocenters. The summed E-state index contributed by atoms with van der Waals surface area (Å²) in [5.41, 5.74) is 1.58. The standard InChI is InChI=1S/C16H16N6O2/c1-17-16(24)19-13-10-22-14(18-13)9-8-12(20-22)15(23)21(2)11-6-4-3-5-7-11/h3-10H,1-2H3,(H2,17,19,24). The lowest BCUT2D eigenvalue weighted by Gasteiger charge is -2.16. The van der Waals surface area contributed by atoms with Gasteiger partial charge in [0.05, 0.1) is 6.20 Å². The number of nitrogens with zero attached hydrogens (tertiary/aromatic N) is 4. The summed E-state index contributed by atoms with van der Waals surface area (Å²) in [6.07, 6.45) is 1.55. The molecule has 0 aliphatic carbocycles. The Morgan fingerprint density at radius 3 is 2.58 bits per heavy atom. The Hall–Kier alpha value is -3.42. The number of para-hydroxylation sites is 1. The van der Waals surface area contributed by atoms with Crippen molar-refractivity contribution < 1.29 is 9.59 Å². The minimum atomic E-state index is -0.376. The minimum Gasteiger partial charge on any atom is -0.341 e. The van der Waals surface area contributed by atoms with Crippen LogP contribution in [-0.2, 0) is 0 Å². The lowest BCUT2D eigenvalue weighted by molar-refractivity contribution is 0.0987.